The van der Waals surface area contributed by atoms with Crippen molar-refractivity contribution in [3.05, 3.63) is 89.0 Å². The molecule has 0 aliphatic heterocycles. The first-order valence-electron chi connectivity index (χ1n) is 11.6. The molecule has 3 rings (SSSR count). The number of aryl methyl sites for hydroxylation is 2. The highest BCUT2D eigenvalue weighted by Crippen LogP contribution is 2.25. The lowest BCUT2D eigenvalue weighted by molar-refractivity contribution is -0.112. The molecular formula is C28H29N3O4S. The van der Waals surface area contributed by atoms with Gasteiger partial charge in [-0.3, -0.25) is 9.52 Å². The van der Waals surface area contributed by atoms with Gasteiger partial charge in [0.15, 0.2) is 0 Å². The van der Waals surface area contributed by atoms with Crippen molar-refractivity contribution in [2.75, 3.05) is 16.6 Å². The number of hydrogen-bond acceptors (Lipinski definition) is 5. The van der Waals surface area contributed by atoms with Gasteiger partial charge in [-0.2, -0.15) is 5.26 Å². The summed E-state index contributed by atoms with van der Waals surface area (Å²) in [5, 5.41) is 12.2. The fourth-order valence-corrected chi connectivity index (χ4v) is 4.65. The van der Waals surface area contributed by atoms with E-state index < -0.39 is 15.9 Å². The quantitative estimate of drug-likeness (QED) is 0.206. The first kappa shape index (κ1) is 26.5. The van der Waals surface area contributed by atoms with Crippen LogP contribution in [0.25, 0.3) is 6.08 Å². The van der Waals surface area contributed by atoms with Crippen molar-refractivity contribution < 1.29 is 17.9 Å². The minimum atomic E-state index is -3.82. The number of ether oxygens (including phenoxy) is 1. The van der Waals surface area contributed by atoms with E-state index in [1.54, 1.807) is 18.2 Å². The van der Waals surface area contributed by atoms with Crippen molar-refractivity contribution in [1.82, 2.24) is 0 Å². The molecular weight excluding hydrogens is 474 g/mol. The molecule has 8 heteroatoms. The summed E-state index contributed by atoms with van der Waals surface area (Å²) in [6, 6.07) is 20.4. The van der Waals surface area contributed by atoms with Gasteiger partial charge in [-0.25, -0.2) is 8.42 Å². The molecule has 0 atom stereocenters. The molecule has 7 nitrogen and oxygen atoms in total. The van der Waals surface area contributed by atoms with E-state index in [0.717, 1.165) is 24.0 Å². The Labute approximate surface area is 212 Å². The van der Waals surface area contributed by atoms with E-state index >= 15 is 0 Å². The minimum Gasteiger partial charge on any atom is -0.493 e. The Morgan fingerprint density at radius 1 is 1.00 bits per heavy atom. The van der Waals surface area contributed by atoms with E-state index in [1.165, 1.54) is 30.3 Å². The van der Waals surface area contributed by atoms with Gasteiger partial charge in [-0.1, -0.05) is 49.7 Å². The van der Waals surface area contributed by atoms with Crippen LogP contribution in [0, 0.1) is 25.2 Å². The molecule has 0 aromatic heterocycles. The Morgan fingerprint density at radius 2 is 1.67 bits per heavy atom. The van der Waals surface area contributed by atoms with Gasteiger partial charge in [-0.05, 0) is 67.8 Å². The zero-order valence-corrected chi connectivity index (χ0v) is 21.4. The summed E-state index contributed by atoms with van der Waals surface area (Å²) in [4.78, 5) is 12.8. The average molecular weight is 504 g/mol. The van der Waals surface area contributed by atoms with Gasteiger partial charge in [0.05, 0.1) is 17.2 Å². The molecule has 0 fully saturated rings. The number of nitrogens with zero attached hydrogens (tertiary/aromatic N) is 1. The van der Waals surface area contributed by atoms with Crippen molar-refractivity contribution in [2.45, 2.75) is 38.5 Å². The van der Waals surface area contributed by atoms with E-state index in [1.807, 2.05) is 44.2 Å². The van der Waals surface area contributed by atoms with E-state index in [0.29, 0.717) is 29.3 Å². The number of unbranched alkanes of at least 4 members (excludes halogenated alkanes) is 1. The third kappa shape index (κ3) is 6.74. The highest BCUT2D eigenvalue weighted by molar-refractivity contribution is 7.92. The molecule has 0 unspecified atom stereocenters. The third-order valence-corrected chi connectivity index (χ3v) is 6.85. The predicted molar refractivity (Wildman–Crippen MR) is 142 cm³/mol. The fourth-order valence-electron chi connectivity index (χ4n) is 3.45. The monoisotopic (exact) mass is 503 g/mol. The average Bonchev–Trinajstić information content (AvgIpc) is 2.86. The molecule has 0 heterocycles. The summed E-state index contributed by atoms with van der Waals surface area (Å²) < 4.78 is 34.1. The Balaban J connectivity index is 1.75. The molecule has 3 aromatic rings. The number of hydrogen-bond donors (Lipinski definition) is 2. The lowest BCUT2D eigenvalue weighted by Gasteiger charge is -2.13. The van der Waals surface area contributed by atoms with E-state index in [-0.39, 0.29) is 10.5 Å². The van der Waals surface area contributed by atoms with Crippen LogP contribution in [0.15, 0.2) is 77.2 Å². The standard InChI is InChI=1S/C28H29N3O4S/c1-4-5-17-35-26-12-7-6-11-22(26)18-23(19-29)28(32)30-24-13-15-25(16-14-24)36(33,34)31-27-20(2)9-8-10-21(27)3/h6-16,18,31H,4-5,17H2,1-3H3,(H,30,32)/b23-18+. The maximum atomic E-state index is 12.9. The first-order chi connectivity index (χ1) is 17.2. The van der Waals surface area contributed by atoms with E-state index in [4.69, 9.17) is 4.74 Å². The van der Waals surface area contributed by atoms with Crippen molar-refractivity contribution in [3.63, 3.8) is 0 Å². The van der Waals surface area contributed by atoms with Crippen LogP contribution < -0.4 is 14.8 Å². The smallest absolute Gasteiger partial charge is 0.266 e. The molecule has 0 radical (unpaired) electrons. The first-order valence-corrected chi connectivity index (χ1v) is 13.1. The summed E-state index contributed by atoms with van der Waals surface area (Å²) in [6.45, 7) is 6.28. The number of sulfonamides is 1. The third-order valence-electron chi connectivity index (χ3n) is 5.48. The molecule has 0 aliphatic rings. The number of nitrogens with one attached hydrogen (secondary N) is 2. The van der Waals surface area contributed by atoms with Gasteiger partial charge < -0.3 is 10.1 Å². The Hall–Kier alpha value is -4.09. The number of carbonyl (C=O) groups is 1. The predicted octanol–water partition coefficient (Wildman–Crippen LogP) is 5.83. The second-order valence-electron chi connectivity index (χ2n) is 8.26. The topological polar surface area (TPSA) is 108 Å². The molecule has 0 saturated heterocycles. The van der Waals surface area contributed by atoms with Crippen LogP contribution in [-0.4, -0.2) is 20.9 Å². The number of anilines is 2. The zero-order valence-electron chi connectivity index (χ0n) is 20.5. The van der Waals surface area contributed by atoms with Crippen LogP contribution in [-0.2, 0) is 14.8 Å². The van der Waals surface area contributed by atoms with Crippen LogP contribution in [0.2, 0.25) is 0 Å². The number of nitriles is 1. The summed E-state index contributed by atoms with van der Waals surface area (Å²) in [5.74, 6) is -0.0115. The molecule has 36 heavy (non-hydrogen) atoms. The number of para-hydroxylation sites is 2. The van der Waals surface area contributed by atoms with Gasteiger partial charge in [0.25, 0.3) is 15.9 Å². The largest absolute Gasteiger partial charge is 0.493 e. The van der Waals surface area contributed by atoms with Crippen LogP contribution >= 0.6 is 0 Å². The van der Waals surface area contributed by atoms with Gasteiger partial charge in [0, 0.05) is 11.3 Å². The zero-order chi connectivity index (χ0) is 26.1. The van der Waals surface area contributed by atoms with Crippen molar-refractivity contribution in [1.29, 1.82) is 5.26 Å². The van der Waals surface area contributed by atoms with Crippen LogP contribution in [0.3, 0.4) is 0 Å². The van der Waals surface area contributed by atoms with Gasteiger partial charge in [0.2, 0.25) is 0 Å². The Kier molecular flexibility index (Phi) is 8.87. The van der Waals surface area contributed by atoms with Gasteiger partial charge >= 0.3 is 0 Å². The van der Waals surface area contributed by atoms with E-state index in [2.05, 4.69) is 17.0 Å². The normalized spacial score (nSPS) is 11.4. The Bertz CT molecular complexity index is 1390. The fraction of sp³-hybridized carbons (Fsp3) is 0.214. The van der Waals surface area contributed by atoms with Crippen LogP contribution in [0.4, 0.5) is 11.4 Å². The molecule has 1 amide bonds. The van der Waals surface area contributed by atoms with Crippen molar-refractivity contribution >= 4 is 33.4 Å². The summed E-state index contributed by atoms with van der Waals surface area (Å²) in [7, 11) is -3.82. The van der Waals surface area contributed by atoms with Crippen molar-refractivity contribution in [3.8, 4) is 11.8 Å². The second kappa shape index (κ2) is 12.0. The number of benzene rings is 3. The summed E-state index contributed by atoms with van der Waals surface area (Å²) in [6.07, 6.45) is 3.37. The second-order valence-corrected chi connectivity index (χ2v) is 9.94. The molecule has 0 aliphatic carbocycles. The maximum Gasteiger partial charge on any atom is 0.266 e. The number of rotatable bonds is 10. The van der Waals surface area contributed by atoms with Crippen LogP contribution in [0.1, 0.15) is 36.5 Å². The van der Waals surface area contributed by atoms with E-state index in [9.17, 15) is 18.5 Å². The lowest BCUT2D eigenvalue weighted by Crippen LogP contribution is -2.16. The van der Waals surface area contributed by atoms with Gasteiger partial charge in [0.1, 0.15) is 17.4 Å². The van der Waals surface area contributed by atoms with Crippen molar-refractivity contribution in [2.24, 2.45) is 0 Å². The molecule has 3 aromatic carbocycles. The molecule has 2 N–H and O–H groups in total. The van der Waals surface area contributed by atoms with Crippen LogP contribution in [0.5, 0.6) is 5.75 Å². The lowest BCUT2D eigenvalue weighted by atomic mass is 10.1. The SMILES string of the molecule is CCCCOc1ccccc1/C=C(\C#N)C(=O)Nc1ccc(S(=O)(=O)Nc2c(C)cccc2C)cc1. The minimum absolute atomic E-state index is 0.0531. The molecule has 0 bridgehead atoms. The molecule has 0 saturated carbocycles. The Morgan fingerprint density at radius 3 is 2.31 bits per heavy atom. The highest BCUT2D eigenvalue weighted by atomic mass is 32.2. The summed E-state index contributed by atoms with van der Waals surface area (Å²) in [5.41, 5.74) is 3.05. The molecule has 186 valence electrons. The van der Waals surface area contributed by atoms with Gasteiger partial charge in [-0.15, -0.1) is 0 Å². The highest BCUT2D eigenvalue weighted by Gasteiger charge is 2.17. The molecule has 0 spiro atoms. The number of carbonyl (C=O) groups excluding carboxylic acids is 1. The number of amides is 1. The summed E-state index contributed by atoms with van der Waals surface area (Å²) >= 11 is 0. The maximum absolute atomic E-state index is 12.9.